The van der Waals surface area contributed by atoms with Gasteiger partial charge in [0.25, 0.3) is 0 Å². The number of rotatable bonds is 3. The van der Waals surface area contributed by atoms with Crippen LogP contribution < -0.4 is 5.32 Å². The molecule has 1 atom stereocenters. The molecule has 2 rings (SSSR count). The third-order valence-corrected chi connectivity index (χ3v) is 3.13. The lowest BCUT2D eigenvalue weighted by atomic mass is 10.1. The number of amides is 2. The predicted molar refractivity (Wildman–Crippen MR) is 67.6 cm³/mol. The van der Waals surface area contributed by atoms with E-state index >= 15 is 0 Å². The van der Waals surface area contributed by atoms with Crippen molar-refractivity contribution in [3.05, 3.63) is 35.9 Å². The van der Waals surface area contributed by atoms with E-state index in [0.29, 0.717) is 12.3 Å². The molecule has 4 nitrogen and oxygen atoms in total. The summed E-state index contributed by atoms with van der Waals surface area (Å²) in [7, 11) is 0. The van der Waals surface area contributed by atoms with Crippen molar-refractivity contribution in [1.29, 1.82) is 0 Å². The van der Waals surface area contributed by atoms with Gasteiger partial charge in [-0.15, -0.1) is 0 Å². The summed E-state index contributed by atoms with van der Waals surface area (Å²) < 4.78 is 0. The van der Waals surface area contributed by atoms with Gasteiger partial charge in [-0.1, -0.05) is 30.3 Å². The second-order valence-corrected chi connectivity index (χ2v) is 4.29. The second kappa shape index (κ2) is 5.23. The lowest BCUT2D eigenvalue weighted by Crippen LogP contribution is -2.58. The summed E-state index contributed by atoms with van der Waals surface area (Å²) in [6, 6.07) is 9.16. The molecule has 0 saturated carbocycles. The first-order chi connectivity index (χ1) is 8.22. The molecule has 2 amide bonds. The molecular weight excluding hydrogens is 236 g/mol. The van der Waals surface area contributed by atoms with Crippen LogP contribution in [0.1, 0.15) is 5.56 Å². The third-order valence-electron chi connectivity index (χ3n) is 2.78. The average molecular weight is 250 g/mol. The molecule has 5 heteroatoms. The van der Waals surface area contributed by atoms with Crippen molar-refractivity contribution < 1.29 is 9.59 Å². The molecule has 1 N–H and O–H groups in total. The zero-order valence-corrected chi connectivity index (χ0v) is 10.2. The maximum Gasteiger partial charge on any atom is 0.244 e. The molecular formula is C12H14N2O2S. The minimum absolute atomic E-state index is 0.0625. The number of hydrogen-bond acceptors (Lipinski definition) is 3. The van der Waals surface area contributed by atoms with Gasteiger partial charge in [0.1, 0.15) is 6.04 Å². The quantitative estimate of drug-likeness (QED) is 0.765. The van der Waals surface area contributed by atoms with Crippen LogP contribution >= 0.6 is 12.6 Å². The van der Waals surface area contributed by atoms with E-state index in [0.717, 1.165) is 5.56 Å². The van der Waals surface area contributed by atoms with Crippen molar-refractivity contribution in [3.8, 4) is 0 Å². The van der Waals surface area contributed by atoms with Crippen LogP contribution in [-0.2, 0) is 16.1 Å². The van der Waals surface area contributed by atoms with Crippen LogP contribution in [0.25, 0.3) is 0 Å². The molecule has 0 radical (unpaired) electrons. The molecule has 0 spiro atoms. The molecule has 0 bridgehead atoms. The summed E-state index contributed by atoms with van der Waals surface area (Å²) >= 11 is 4.13. The Morgan fingerprint density at radius 1 is 1.29 bits per heavy atom. The largest absolute Gasteiger partial charge is 0.345 e. The molecule has 1 fully saturated rings. The fraction of sp³-hybridized carbons (Fsp3) is 0.333. The van der Waals surface area contributed by atoms with Gasteiger partial charge in [-0.05, 0) is 5.56 Å². The monoisotopic (exact) mass is 250 g/mol. The highest BCUT2D eigenvalue weighted by Gasteiger charge is 2.33. The molecule has 17 heavy (non-hydrogen) atoms. The first kappa shape index (κ1) is 12.0. The number of nitrogens with zero attached hydrogens (tertiary/aromatic N) is 1. The maximum absolute atomic E-state index is 11.8. The fourth-order valence-corrected chi connectivity index (χ4v) is 2.22. The van der Waals surface area contributed by atoms with Gasteiger partial charge in [0, 0.05) is 12.3 Å². The van der Waals surface area contributed by atoms with Crippen LogP contribution in [0, 0.1) is 0 Å². The predicted octanol–water partition coefficient (Wildman–Crippen LogP) is 0.443. The van der Waals surface area contributed by atoms with Crippen LogP contribution in [0.2, 0.25) is 0 Å². The summed E-state index contributed by atoms with van der Waals surface area (Å²) in [5.74, 6) is 0.146. The van der Waals surface area contributed by atoms with Gasteiger partial charge in [-0.3, -0.25) is 9.59 Å². The smallest absolute Gasteiger partial charge is 0.244 e. The maximum atomic E-state index is 11.8. The van der Waals surface area contributed by atoms with Gasteiger partial charge in [-0.25, -0.2) is 0 Å². The highest BCUT2D eigenvalue weighted by molar-refractivity contribution is 7.80. The Morgan fingerprint density at radius 3 is 2.65 bits per heavy atom. The lowest BCUT2D eigenvalue weighted by Gasteiger charge is -2.34. The number of carbonyl (C=O) groups excluding carboxylic acids is 2. The second-order valence-electron chi connectivity index (χ2n) is 3.92. The van der Waals surface area contributed by atoms with E-state index in [1.165, 1.54) is 0 Å². The lowest BCUT2D eigenvalue weighted by molar-refractivity contribution is -0.145. The highest BCUT2D eigenvalue weighted by Crippen LogP contribution is 2.12. The first-order valence-corrected chi connectivity index (χ1v) is 6.07. The molecule has 1 aromatic carbocycles. The Hall–Kier alpha value is -1.49. The minimum Gasteiger partial charge on any atom is -0.345 e. The number of hydrogen-bond donors (Lipinski definition) is 2. The molecule has 1 aliphatic rings. The highest BCUT2D eigenvalue weighted by atomic mass is 32.1. The zero-order valence-electron chi connectivity index (χ0n) is 9.30. The van der Waals surface area contributed by atoms with Crippen molar-refractivity contribution in [2.75, 3.05) is 12.3 Å². The summed E-state index contributed by atoms with van der Waals surface area (Å²) in [5, 5.41) is 2.57. The van der Waals surface area contributed by atoms with Crippen molar-refractivity contribution in [3.63, 3.8) is 0 Å². The molecule has 1 aromatic rings. The van der Waals surface area contributed by atoms with E-state index in [1.807, 2.05) is 30.3 Å². The third kappa shape index (κ3) is 2.61. The molecule has 90 valence electrons. The summed E-state index contributed by atoms with van der Waals surface area (Å²) in [4.78, 5) is 25.0. The Labute approximate surface area is 105 Å². The van der Waals surface area contributed by atoms with E-state index in [2.05, 4.69) is 17.9 Å². The average Bonchev–Trinajstić information content (AvgIpc) is 2.35. The van der Waals surface area contributed by atoms with E-state index < -0.39 is 6.04 Å². The number of thiol groups is 1. The number of nitrogens with one attached hydrogen (secondary N) is 1. The van der Waals surface area contributed by atoms with Crippen molar-refractivity contribution in [1.82, 2.24) is 10.2 Å². The van der Waals surface area contributed by atoms with Crippen LogP contribution in [0.4, 0.5) is 0 Å². The van der Waals surface area contributed by atoms with Gasteiger partial charge in [0.15, 0.2) is 0 Å². The Morgan fingerprint density at radius 2 is 2.00 bits per heavy atom. The summed E-state index contributed by atoms with van der Waals surface area (Å²) in [5.41, 5.74) is 1.02. The Kier molecular flexibility index (Phi) is 3.68. The molecule has 1 unspecified atom stereocenters. The van der Waals surface area contributed by atoms with Gasteiger partial charge >= 0.3 is 0 Å². The van der Waals surface area contributed by atoms with E-state index in [-0.39, 0.29) is 18.4 Å². The van der Waals surface area contributed by atoms with Crippen molar-refractivity contribution in [2.24, 2.45) is 0 Å². The molecule has 0 aromatic heterocycles. The normalized spacial score (nSPS) is 20.3. The number of piperazine rings is 1. The molecule has 1 aliphatic heterocycles. The molecule has 1 saturated heterocycles. The van der Waals surface area contributed by atoms with Gasteiger partial charge in [0.2, 0.25) is 11.8 Å². The number of carbonyl (C=O) groups is 2. The zero-order chi connectivity index (χ0) is 12.3. The van der Waals surface area contributed by atoms with Crippen molar-refractivity contribution in [2.45, 2.75) is 12.6 Å². The summed E-state index contributed by atoms with van der Waals surface area (Å²) in [6.45, 7) is 0.536. The topological polar surface area (TPSA) is 49.4 Å². The van der Waals surface area contributed by atoms with E-state index in [4.69, 9.17) is 0 Å². The van der Waals surface area contributed by atoms with E-state index in [1.54, 1.807) is 4.90 Å². The Balaban J connectivity index is 2.16. The van der Waals surface area contributed by atoms with Gasteiger partial charge in [-0.2, -0.15) is 12.6 Å². The standard InChI is InChI=1S/C12H14N2O2S/c15-11-6-13-12(16)10(8-17)14(11)7-9-4-2-1-3-5-9/h1-5,10,17H,6-8H2,(H,13,16). The fourth-order valence-electron chi connectivity index (χ4n) is 1.86. The number of benzene rings is 1. The van der Waals surface area contributed by atoms with Crippen LogP contribution in [0.3, 0.4) is 0 Å². The van der Waals surface area contributed by atoms with Crippen LogP contribution in [0.15, 0.2) is 30.3 Å². The van der Waals surface area contributed by atoms with Crippen LogP contribution in [0.5, 0.6) is 0 Å². The Bertz CT molecular complexity index is 422. The first-order valence-electron chi connectivity index (χ1n) is 5.44. The van der Waals surface area contributed by atoms with Gasteiger partial charge < -0.3 is 10.2 Å². The summed E-state index contributed by atoms with van der Waals surface area (Å²) in [6.07, 6.45) is 0. The van der Waals surface area contributed by atoms with Gasteiger partial charge in [0.05, 0.1) is 6.54 Å². The minimum atomic E-state index is -0.472. The van der Waals surface area contributed by atoms with Crippen molar-refractivity contribution >= 4 is 24.4 Å². The SMILES string of the molecule is O=C1NCC(=O)N(Cc2ccccc2)C1CS. The molecule has 0 aliphatic carbocycles. The van der Waals surface area contributed by atoms with Crippen LogP contribution in [-0.4, -0.2) is 35.1 Å². The molecule has 1 heterocycles. The van der Waals surface area contributed by atoms with E-state index in [9.17, 15) is 9.59 Å².